The van der Waals surface area contributed by atoms with Crippen molar-refractivity contribution in [3.63, 3.8) is 0 Å². The summed E-state index contributed by atoms with van der Waals surface area (Å²) in [4.78, 5) is 0. The summed E-state index contributed by atoms with van der Waals surface area (Å²) >= 11 is 0. The predicted molar refractivity (Wildman–Crippen MR) is 54.8 cm³/mol. The lowest BCUT2D eigenvalue weighted by Crippen LogP contribution is -2.42. The van der Waals surface area contributed by atoms with Crippen molar-refractivity contribution in [3.05, 3.63) is 35.1 Å². The molecule has 1 atom stereocenters. The summed E-state index contributed by atoms with van der Waals surface area (Å²) in [6, 6.07) is 5.52. The van der Waals surface area contributed by atoms with Crippen molar-refractivity contribution in [2.45, 2.75) is 13.0 Å². The molecule has 1 heterocycles. The van der Waals surface area contributed by atoms with E-state index in [-0.39, 0.29) is 11.9 Å². The lowest BCUT2D eigenvalue weighted by atomic mass is 10.00. The van der Waals surface area contributed by atoms with Gasteiger partial charge in [-0.2, -0.15) is 0 Å². The summed E-state index contributed by atoms with van der Waals surface area (Å²) in [5.41, 5.74) is 1.82. The maximum Gasteiger partial charge on any atom is 0.126 e. The number of piperazine rings is 1. The molecule has 0 aliphatic carbocycles. The Balaban J connectivity index is 2.26. The molecule has 1 aliphatic rings. The van der Waals surface area contributed by atoms with Crippen LogP contribution >= 0.6 is 0 Å². The average molecular weight is 194 g/mol. The minimum Gasteiger partial charge on any atom is -0.314 e. The monoisotopic (exact) mass is 194 g/mol. The molecule has 1 aliphatic heterocycles. The van der Waals surface area contributed by atoms with Crippen LogP contribution in [0.3, 0.4) is 0 Å². The molecule has 0 amide bonds. The third-order valence-corrected chi connectivity index (χ3v) is 2.73. The van der Waals surface area contributed by atoms with Crippen molar-refractivity contribution in [2.24, 2.45) is 0 Å². The third-order valence-electron chi connectivity index (χ3n) is 2.73. The second kappa shape index (κ2) is 4.07. The molecule has 2 N–H and O–H groups in total. The topological polar surface area (TPSA) is 24.1 Å². The van der Waals surface area contributed by atoms with Gasteiger partial charge in [-0.25, -0.2) is 4.39 Å². The van der Waals surface area contributed by atoms with Gasteiger partial charge in [-0.15, -0.1) is 0 Å². The van der Waals surface area contributed by atoms with Gasteiger partial charge in [0.1, 0.15) is 5.82 Å². The molecular formula is C11H15FN2. The predicted octanol–water partition coefficient (Wildman–Crippen LogP) is 1.37. The van der Waals surface area contributed by atoms with Crippen molar-refractivity contribution in [1.29, 1.82) is 0 Å². The van der Waals surface area contributed by atoms with Gasteiger partial charge in [0.25, 0.3) is 0 Å². The van der Waals surface area contributed by atoms with Gasteiger partial charge in [0.2, 0.25) is 0 Å². The van der Waals surface area contributed by atoms with Crippen LogP contribution in [0.5, 0.6) is 0 Å². The quantitative estimate of drug-likeness (QED) is 0.705. The molecule has 0 spiro atoms. The van der Waals surface area contributed by atoms with Gasteiger partial charge >= 0.3 is 0 Å². The second-order valence-corrected chi connectivity index (χ2v) is 3.66. The number of hydrogen-bond acceptors (Lipinski definition) is 2. The van der Waals surface area contributed by atoms with Gasteiger partial charge in [-0.3, -0.25) is 0 Å². The highest BCUT2D eigenvalue weighted by Gasteiger charge is 2.16. The van der Waals surface area contributed by atoms with Gasteiger partial charge in [0.05, 0.1) is 0 Å². The number of benzene rings is 1. The van der Waals surface area contributed by atoms with E-state index in [2.05, 4.69) is 10.6 Å². The summed E-state index contributed by atoms with van der Waals surface area (Å²) in [5, 5.41) is 6.67. The molecular weight excluding hydrogens is 179 g/mol. The van der Waals surface area contributed by atoms with E-state index < -0.39 is 0 Å². The van der Waals surface area contributed by atoms with E-state index in [9.17, 15) is 4.39 Å². The fourth-order valence-corrected chi connectivity index (χ4v) is 1.87. The molecule has 1 unspecified atom stereocenters. The molecule has 2 nitrogen and oxygen atoms in total. The Hall–Kier alpha value is -0.930. The highest BCUT2D eigenvalue weighted by atomic mass is 19.1. The number of nitrogens with one attached hydrogen (secondary N) is 2. The van der Waals surface area contributed by atoms with E-state index >= 15 is 0 Å². The van der Waals surface area contributed by atoms with Crippen molar-refractivity contribution in [3.8, 4) is 0 Å². The summed E-state index contributed by atoms with van der Waals surface area (Å²) in [6.45, 7) is 4.65. The molecule has 0 saturated carbocycles. The zero-order valence-electron chi connectivity index (χ0n) is 8.31. The summed E-state index contributed by atoms with van der Waals surface area (Å²) in [6.07, 6.45) is 0. The molecule has 1 aromatic rings. The van der Waals surface area contributed by atoms with E-state index in [1.54, 1.807) is 6.07 Å². The first-order chi connectivity index (χ1) is 6.79. The smallest absolute Gasteiger partial charge is 0.126 e. The molecule has 1 saturated heterocycles. The molecule has 0 aromatic heterocycles. The highest BCUT2D eigenvalue weighted by Crippen LogP contribution is 2.20. The fraction of sp³-hybridized carbons (Fsp3) is 0.455. The van der Waals surface area contributed by atoms with Crippen molar-refractivity contribution >= 4 is 0 Å². The normalized spacial score (nSPS) is 22.3. The van der Waals surface area contributed by atoms with Gasteiger partial charge in [-0.1, -0.05) is 12.1 Å². The van der Waals surface area contributed by atoms with E-state index in [0.717, 1.165) is 30.8 Å². The maximum atomic E-state index is 13.3. The van der Waals surface area contributed by atoms with E-state index in [0.29, 0.717) is 0 Å². The summed E-state index contributed by atoms with van der Waals surface area (Å²) < 4.78 is 13.3. The Kier molecular flexibility index (Phi) is 2.79. The van der Waals surface area contributed by atoms with Crippen molar-refractivity contribution < 1.29 is 4.39 Å². The number of rotatable bonds is 1. The Morgan fingerprint density at radius 1 is 1.36 bits per heavy atom. The van der Waals surface area contributed by atoms with Gasteiger partial charge in [0.15, 0.2) is 0 Å². The first-order valence-electron chi connectivity index (χ1n) is 4.98. The highest BCUT2D eigenvalue weighted by molar-refractivity contribution is 5.30. The molecule has 2 rings (SSSR count). The average Bonchev–Trinajstić information content (AvgIpc) is 2.23. The van der Waals surface area contributed by atoms with Gasteiger partial charge in [-0.05, 0) is 24.1 Å². The molecule has 1 fully saturated rings. The lowest BCUT2D eigenvalue weighted by molar-refractivity contribution is 0.427. The van der Waals surface area contributed by atoms with Gasteiger partial charge in [0, 0.05) is 25.7 Å². The minimum absolute atomic E-state index is 0.116. The van der Waals surface area contributed by atoms with Crippen molar-refractivity contribution in [2.75, 3.05) is 19.6 Å². The lowest BCUT2D eigenvalue weighted by Gasteiger charge is -2.26. The van der Waals surface area contributed by atoms with Crippen molar-refractivity contribution in [1.82, 2.24) is 10.6 Å². The SMILES string of the molecule is Cc1c(F)cccc1C1CNCCN1. The Labute approximate surface area is 83.5 Å². The van der Waals surface area contributed by atoms with Crippen LogP contribution in [-0.2, 0) is 0 Å². The zero-order chi connectivity index (χ0) is 9.97. The summed E-state index contributed by atoms with van der Waals surface area (Å²) in [7, 11) is 0. The summed E-state index contributed by atoms with van der Waals surface area (Å²) in [5.74, 6) is -0.116. The Bertz CT molecular complexity index is 319. The maximum absolute atomic E-state index is 13.3. The van der Waals surface area contributed by atoms with Gasteiger partial charge < -0.3 is 10.6 Å². The zero-order valence-corrected chi connectivity index (χ0v) is 8.31. The minimum atomic E-state index is -0.116. The van der Waals surface area contributed by atoms with E-state index in [4.69, 9.17) is 0 Å². The molecule has 14 heavy (non-hydrogen) atoms. The van der Waals surface area contributed by atoms with E-state index in [1.807, 2.05) is 13.0 Å². The Morgan fingerprint density at radius 3 is 2.93 bits per heavy atom. The van der Waals surface area contributed by atoms with Crippen LogP contribution in [0, 0.1) is 12.7 Å². The molecule has 3 heteroatoms. The fourth-order valence-electron chi connectivity index (χ4n) is 1.87. The van der Waals surface area contributed by atoms with E-state index in [1.165, 1.54) is 6.07 Å². The number of halogens is 1. The first kappa shape index (κ1) is 9.62. The molecule has 0 bridgehead atoms. The molecule has 1 aromatic carbocycles. The van der Waals surface area contributed by atoms with Crippen LogP contribution in [-0.4, -0.2) is 19.6 Å². The second-order valence-electron chi connectivity index (χ2n) is 3.66. The first-order valence-corrected chi connectivity index (χ1v) is 4.98. The van der Waals surface area contributed by atoms with Crippen LogP contribution in [0.1, 0.15) is 17.2 Å². The standard InChI is InChI=1S/C11H15FN2/c1-8-9(3-2-4-10(8)12)11-7-13-5-6-14-11/h2-4,11,13-14H,5-7H2,1H3. The molecule has 0 radical (unpaired) electrons. The van der Waals surface area contributed by atoms with Crippen LogP contribution in [0.25, 0.3) is 0 Å². The van der Waals surface area contributed by atoms with Crippen LogP contribution in [0.2, 0.25) is 0 Å². The number of hydrogen-bond donors (Lipinski definition) is 2. The Morgan fingerprint density at radius 2 is 2.21 bits per heavy atom. The third kappa shape index (κ3) is 1.79. The molecule has 76 valence electrons. The largest absolute Gasteiger partial charge is 0.314 e. The van der Waals surface area contributed by atoms with Crippen LogP contribution in [0.4, 0.5) is 4.39 Å². The van der Waals surface area contributed by atoms with Crippen LogP contribution in [0.15, 0.2) is 18.2 Å². The van der Waals surface area contributed by atoms with Crippen LogP contribution < -0.4 is 10.6 Å².